The number of amides is 1. The highest BCUT2D eigenvalue weighted by Gasteiger charge is 2.31. The first-order chi connectivity index (χ1) is 13.1. The number of carbonyl (C=O) groups excluding carboxylic acids is 2. The summed E-state index contributed by atoms with van der Waals surface area (Å²) in [6.07, 6.45) is 2.72. The van der Waals surface area contributed by atoms with Gasteiger partial charge >= 0.3 is 5.97 Å². The van der Waals surface area contributed by atoms with Crippen LogP contribution in [0, 0.1) is 12.8 Å². The highest BCUT2D eigenvalue weighted by molar-refractivity contribution is 5.97. The third-order valence-corrected chi connectivity index (χ3v) is 4.88. The maximum absolute atomic E-state index is 13.0. The highest BCUT2D eigenvalue weighted by Crippen LogP contribution is 2.30. The van der Waals surface area contributed by atoms with Gasteiger partial charge in [0, 0.05) is 5.56 Å². The molecule has 3 rings (SSSR count). The van der Waals surface area contributed by atoms with Crippen molar-refractivity contribution < 1.29 is 19.1 Å². The molecule has 0 unspecified atom stereocenters. The Bertz CT molecular complexity index is 797. The topological polar surface area (TPSA) is 64.6 Å². The Morgan fingerprint density at radius 2 is 1.78 bits per heavy atom. The van der Waals surface area contributed by atoms with Gasteiger partial charge in [-0.1, -0.05) is 49.2 Å². The molecule has 0 aliphatic heterocycles. The molecular formula is C22H25NO4. The molecule has 2 aromatic rings. The van der Waals surface area contributed by atoms with E-state index >= 15 is 0 Å². The summed E-state index contributed by atoms with van der Waals surface area (Å²) in [6.45, 7) is 1.93. The lowest BCUT2D eigenvalue weighted by Crippen LogP contribution is -2.28. The fourth-order valence-corrected chi connectivity index (χ4v) is 3.39. The molecule has 1 aliphatic carbocycles. The summed E-state index contributed by atoms with van der Waals surface area (Å²) in [7, 11) is 1.55. The van der Waals surface area contributed by atoms with Crippen LogP contribution < -0.4 is 10.1 Å². The first-order valence-corrected chi connectivity index (χ1v) is 9.29. The molecule has 0 spiro atoms. The largest absolute Gasteiger partial charge is 0.495 e. The van der Waals surface area contributed by atoms with E-state index in [1.54, 1.807) is 25.3 Å². The van der Waals surface area contributed by atoms with E-state index in [0.717, 1.165) is 31.2 Å². The highest BCUT2D eigenvalue weighted by atomic mass is 16.5. The molecule has 0 bridgehead atoms. The van der Waals surface area contributed by atoms with E-state index in [9.17, 15) is 9.59 Å². The average Bonchev–Trinajstić information content (AvgIpc) is 3.21. The zero-order chi connectivity index (χ0) is 19.2. The van der Waals surface area contributed by atoms with Crippen molar-refractivity contribution in [2.75, 3.05) is 12.4 Å². The molecule has 5 heteroatoms. The Kier molecular flexibility index (Phi) is 6.12. The molecule has 0 radical (unpaired) electrons. The Morgan fingerprint density at radius 3 is 2.44 bits per heavy atom. The Morgan fingerprint density at radius 1 is 1.07 bits per heavy atom. The monoisotopic (exact) mass is 367 g/mol. The number of carbonyl (C=O) groups is 2. The van der Waals surface area contributed by atoms with Gasteiger partial charge in [-0.15, -0.1) is 0 Å². The number of aryl methyl sites for hydroxylation is 1. The van der Waals surface area contributed by atoms with Crippen LogP contribution in [-0.4, -0.2) is 19.0 Å². The van der Waals surface area contributed by atoms with Crippen molar-refractivity contribution in [1.82, 2.24) is 0 Å². The Balaban J connectivity index is 1.82. The average molecular weight is 367 g/mol. The number of anilines is 1. The number of hydrogen-bond acceptors (Lipinski definition) is 4. The van der Waals surface area contributed by atoms with Crippen LogP contribution >= 0.6 is 0 Å². The molecule has 1 N–H and O–H groups in total. The zero-order valence-corrected chi connectivity index (χ0v) is 15.7. The smallest absolute Gasteiger partial charge is 0.310 e. The molecular weight excluding hydrogens is 342 g/mol. The zero-order valence-electron chi connectivity index (χ0n) is 15.7. The molecule has 1 aliphatic rings. The molecule has 5 nitrogen and oxygen atoms in total. The first kappa shape index (κ1) is 19.0. The van der Waals surface area contributed by atoms with Crippen molar-refractivity contribution in [2.24, 2.45) is 5.92 Å². The minimum atomic E-state index is -0.996. The number of hydrogen-bond donors (Lipinski definition) is 1. The van der Waals surface area contributed by atoms with Gasteiger partial charge in [-0.3, -0.25) is 9.59 Å². The van der Waals surface area contributed by atoms with Crippen LogP contribution in [0.3, 0.4) is 0 Å². The lowest BCUT2D eigenvalue weighted by atomic mass is 10.1. The number of methoxy groups -OCH3 is 1. The van der Waals surface area contributed by atoms with Crippen LogP contribution in [0.5, 0.6) is 5.75 Å². The molecule has 1 saturated carbocycles. The SMILES string of the molecule is COc1ccc(C)cc1NC(=O)[C@H](OC(=O)C1CCCC1)c1ccccc1. The molecule has 2 aromatic carbocycles. The minimum Gasteiger partial charge on any atom is -0.495 e. The fraction of sp³-hybridized carbons (Fsp3) is 0.364. The Labute approximate surface area is 159 Å². The van der Waals surface area contributed by atoms with Crippen LogP contribution in [0.1, 0.15) is 42.9 Å². The predicted molar refractivity (Wildman–Crippen MR) is 104 cm³/mol. The van der Waals surface area contributed by atoms with Crippen molar-refractivity contribution in [2.45, 2.75) is 38.7 Å². The maximum Gasteiger partial charge on any atom is 0.310 e. The molecule has 27 heavy (non-hydrogen) atoms. The van der Waals surface area contributed by atoms with E-state index in [1.807, 2.05) is 37.3 Å². The van der Waals surface area contributed by atoms with Crippen LogP contribution in [0.2, 0.25) is 0 Å². The van der Waals surface area contributed by atoms with E-state index < -0.39 is 12.0 Å². The van der Waals surface area contributed by atoms with Gasteiger partial charge < -0.3 is 14.8 Å². The van der Waals surface area contributed by atoms with Crippen LogP contribution in [0.15, 0.2) is 48.5 Å². The standard InChI is InChI=1S/C22H25NO4/c1-15-12-13-19(26-2)18(14-15)23-21(24)20(16-8-4-3-5-9-16)27-22(25)17-10-6-7-11-17/h3-5,8-9,12-14,17,20H,6-7,10-11H2,1-2H3,(H,23,24)/t20-/m1/s1. The van der Waals surface area contributed by atoms with Gasteiger partial charge in [0.05, 0.1) is 18.7 Å². The molecule has 1 amide bonds. The van der Waals surface area contributed by atoms with Crippen molar-refractivity contribution in [3.05, 3.63) is 59.7 Å². The third kappa shape index (κ3) is 4.67. The number of ether oxygens (including phenoxy) is 2. The van der Waals surface area contributed by atoms with E-state index in [1.165, 1.54) is 0 Å². The summed E-state index contributed by atoms with van der Waals surface area (Å²) < 4.78 is 11.0. The number of nitrogens with one attached hydrogen (secondary N) is 1. The summed E-state index contributed by atoms with van der Waals surface area (Å²) in [5.41, 5.74) is 2.19. The van der Waals surface area contributed by atoms with Gasteiger partial charge in [0.1, 0.15) is 5.75 Å². The minimum absolute atomic E-state index is 0.113. The normalized spacial score (nSPS) is 15.2. The molecule has 0 saturated heterocycles. The van der Waals surface area contributed by atoms with Crippen LogP contribution in [0.25, 0.3) is 0 Å². The second-order valence-corrected chi connectivity index (χ2v) is 6.90. The van der Waals surface area contributed by atoms with E-state index in [0.29, 0.717) is 17.0 Å². The molecule has 142 valence electrons. The van der Waals surface area contributed by atoms with Gasteiger partial charge in [-0.2, -0.15) is 0 Å². The van der Waals surface area contributed by atoms with E-state index in [4.69, 9.17) is 9.47 Å². The van der Waals surface area contributed by atoms with E-state index in [-0.39, 0.29) is 11.9 Å². The summed E-state index contributed by atoms with van der Waals surface area (Å²) >= 11 is 0. The van der Waals surface area contributed by atoms with Gasteiger partial charge in [0.15, 0.2) is 0 Å². The van der Waals surface area contributed by atoms with Gasteiger partial charge in [-0.05, 0) is 37.5 Å². The van der Waals surface area contributed by atoms with Crippen molar-refractivity contribution in [3.63, 3.8) is 0 Å². The van der Waals surface area contributed by atoms with Gasteiger partial charge in [-0.25, -0.2) is 0 Å². The van der Waals surface area contributed by atoms with Crippen LogP contribution in [-0.2, 0) is 14.3 Å². The summed E-state index contributed by atoms with van der Waals surface area (Å²) in [4.78, 5) is 25.5. The molecule has 1 atom stereocenters. The Hall–Kier alpha value is -2.82. The molecule has 1 fully saturated rings. The van der Waals surface area contributed by atoms with Gasteiger partial charge in [0.2, 0.25) is 6.10 Å². The van der Waals surface area contributed by atoms with Crippen molar-refractivity contribution >= 4 is 17.6 Å². The van der Waals surface area contributed by atoms with Crippen molar-refractivity contribution in [1.29, 1.82) is 0 Å². The summed E-state index contributed by atoms with van der Waals surface area (Å²) in [5, 5.41) is 2.86. The maximum atomic E-state index is 13.0. The number of benzene rings is 2. The van der Waals surface area contributed by atoms with Gasteiger partial charge in [0.25, 0.3) is 5.91 Å². The molecule has 0 aromatic heterocycles. The number of rotatable bonds is 6. The lowest BCUT2D eigenvalue weighted by Gasteiger charge is -2.21. The van der Waals surface area contributed by atoms with E-state index in [2.05, 4.69) is 5.32 Å². The first-order valence-electron chi connectivity index (χ1n) is 9.29. The van der Waals surface area contributed by atoms with Crippen molar-refractivity contribution in [3.8, 4) is 5.75 Å². The fourth-order valence-electron chi connectivity index (χ4n) is 3.39. The van der Waals surface area contributed by atoms with Crippen LogP contribution in [0.4, 0.5) is 5.69 Å². The second kappa shape index (κ2) is 8.71. The third-order valence-electron chi connectivity index (χ3n) is 4.88. The predicted octanol–water partition coefficient (Wildman–Crippen LogP) is 4.42. The summed E-state index contributed by atoms with van der Waals surface area (Å²) in [5.74, 6) is -0.246. The number of esters is 1. The summed E-state index contributed by atoms with van der Waals surface area (Å²) in [6, 6.07) is 14.6. The lowest BCUT2D eigenvalue weighted by molar-refractivity contribution is -0.158. The second-order valence-electron chi connectivity index (χ2n) is 6.90. The molecule has 0 heterocycles. The quantitative estimate of drug-likeness (QED) is 0.768.